The van der Waals surface area contributed by atoms with E-state index in [-0.39, 0.29) is 10.8 Å². The lowest BCUT2D eigenvalue weighted by molar-refractivity contribution is -0.130. The Bertz CT molecular complexity index is 879. The molecule has 0 radical (unpaired) electrons. The zero-order chi connectivity index (χ0) is 21.0. The van der Waals surface area contributed by atoms with Gasteiger partial charge in [0.2, 0.25) is 10.0 Å². The summed E-state index contributed by atoms with van der Waals surface area (Å²) in [6.07, 6.45) is -1.33. The van der Waals surface area contributed by atoms with Gasteiger partial charge in [-0.3, -0.25) is 4.79 Å². The molecule has 2 unspecified atom stereocenters. The maximum atomic E-state index is 13.9. The standard InChI is InChI=1S/C17H22FN3O5S/c1-10(2)17(4,9-19)21-15(22)11(3)26-16(23)13-8-12(6-7-14(13)18)27(24,25)20-5/h6-8,10-11,20H,1-5H3,(H,21,22). The van der Waals surface area contributed by atoms with Crippen LogP contribution in [0, 0.1) is 23.1 Å². The molecule has 0 aromatic heterocycles. The Hall–Kier alpha value is -2.51. The zero-order valence-electron chi connectivity index (χ0n) is 15.7. The van der Waals surface area contributed by atoms with Gasteiger partial charge in [0.15, 0.2) is 6.10 Å². The molecule has 0 heterocycles. The number of ether oxygens (including phenoxy) is 1. The summed E-state index contributed by atoms with van der Waals surface area (Å²) in [5.74, 6) is -3.14. The van der Waals surface area contributed by atoms with Gasteiger partial charge in [-0.15, -0.1) is 0 Å². The smallest absolute Gasteiger partial charge is 0.341 e. The molecular weight excluding hydrogens is 377 g/mol. The van der Waals surface area contributed by atoms with Crippen molar-refractivity contribution in [3.05, 3.63) is 29.6 Å². The lowest BCUT2D eigenvalue weighted by Gasteiger charge is -2.28. The maximum Gasteiger partial charge on any atom is 0.341 e. The predicted octanol–water partition coefficient (Wildman–Crippen LogP) is 1.33. The molecule has 8 nitrogen and oxygen atoms in total. The van der Waals surface area contributed by atoms with Gasteiger partial charge in [-0.2, -0.15) is 5.26 Å². The van der Waals surface area contributed by atoms with Gasteiger partial charge in [0.25, 0.3) is 5.91 Å². The van der Waals surface area contributed by atoms with E-state index in [1.54, 1.807) is 13.8 Å². The van der Waals surface area contributed by atoms with Gasteiger partial charge in [0, 0.05) is 0 Å². The molecule has 10 heteroatoms. The number of halogens is 1. The number of carbonyl (C=O) groups is 2. The number of nitrogens with zero attached hydrogens (tertiary/aromatic N) is 1. The summed E-state index contributed by atoms with van der Waals surface area (Å²) in [5, 5.41) is 11.7. The van der Waals surface area contributed by atoms with E-state index in [4.69, 9.17) is 4.74 Å². The van der Waals surface area contributed by atoms with E-state index in [1.807, 2.05) is 10.8 Å². The zero-order valence-corrected chi connectivity index (χ0v) is 16.5. The second-order valence-corrected chi connectivity index (χ2v) is 8.24. The van der Waals surface area contributed by atoms with Crippen LogP contribution in [-0.2, 0) is 19.6 Å². The van der Waals surface area contributed by atoms with E-state index in [0.29, 0.717) is 0 Å². The summed E-state index contributed by atoms with van der Waals surface area (Å²) in [4.78, 5) is 24.1. The molecule has 0 aliphatic rings. The number of benzene rings is 1. The molecule has 1 aromatic rings. The number of nitrogens with one attached hydrogen (secondary N) is 2. The number of sulfonamides is 1. The van der Waals surface area contributed by atoms with Crippen LogP contribution in [0.1, 0.15) is 38.1 Å². The van der Waals surface area contributed by atoms with Crippen LogP contribution in [0.5, 0.6) is 0 Å². The van der Waals surface area contributed by atoms with E-state index in [1.165, 1.54) is 20.9 Å². The second-order valence-electron chi connectivity index (χ2n) is 6.35. The highest BCUT2D eigenvalue weighted by Gasteiger charge is 2.33. The molecule has 0 spiro atoms. The largest absolute Gasteiger partial charge is 0.449 e. The van der Waals surface area contributed by atoms with Crippen LogP contribution in [-0.4, -0.2) is 39.0 Å². The van der Waals surface area contributed by atoms with Crippen LogP contribution < -0.4 is 10.0 Å². The molecule has 1 aromatic carbocycles. The minimum absolute atomic E-state index is 0.213. The maximum absolute atomic E-state index is 13.9. The number of hydrogen-bond donors (Lipinski definition) is 2. The number of esters is 1. The molecule has 148 valence electrons. The first-order chi connectivity index (χ1) is 12.4. The molecule has 0 bridgehead atoms. The van der Waals surface area contributed by atoms with Crippen molar-refractivity contribution in [2.75, 3.05) is 7.05 Å². The van der Waals surface area contributed by atoms with Crippen molar-refractivity contribution in [2.45, 2.75) is 44.2 Å². The Morgan fingerprint density at radius 3 is 2.37 bits per heavy atom. The summed E-state index contributed by atoms with van der Waals surface area (Å²) >= 11 is 0. The van der Waals surface area contributed by atoms with Crippen LogP contribution in [0.3, 0.4) is 0 Å². The van der Waals surface area contributed by atoms with Crippen molar-refractivity contribution in [3.8, 4) is 6.07 Å². The second kappa shape index (κ2) is 8.45. The summed E-state index contributed by atoms with van der Waals surface area (Å²) in [7, 11) is -2.72. The summed E-state index contributed by atoms with van der Waals surface area (Å²) in [5.41, 5.74) is -1.80. The summed E-state index contributed by atoms with van der Waals surface area (Å²) < 4.78 is 44.5. The van der Waals surface area contributed by atoms with Crippen LogP contribution in [0.4, 0.5) is 4.39 Å². The Morgan fingerprint density at radius 2 is 1.89 bits per heavy atom. The van der Waals surface area contributed by atoms with E-state index < -0.39 is 44.9 Å². The molecular formula is C17H22FN3O5S. The first-order valence-corrected chi connectivity index (χ1v) is 9.53. The molecule has 1 rings (SSSR count). The number of amides is 1. The summed E-state index contributed by atoms with van der Waals surface area (Å²) in [6, 6.07) is 4.61. The lowest BCUT2D eigenvalue weighted by atomic mass is 9.90. The van der Waals surface area contributed by atoms with Crippen molar-refractivity contribution >= 4 is 21.9 Å². The molecule has 0 aliphatic heterocycles. The van der Waals surface area contributed by atoms with Gasteiger partial charge in [-0.05, 0) is 45.0 Å². The van der Waals surface area contributed by atoms with Gasteiger partial charge in [0.1, 0.15) is 11.4 Å². The van der Waals surface area contributed by atoms with Gasteiger partial charge < -0.3 is 10.1 Å². The third-order valence-corrected chi connectivity index (χ3v) is 5.57. The fourth-order valence-corrected chi connectivity index (χ4v) is 2.64. The minimum atomic E-state index is -3.89. The molecule has 1 amide bonds. The molecule has 0 saturated heterocycles. The number of nitriles is 1. The van der Waals surface area contributed by atoms with Gasteiger partial charge in [0.05, 0.1) is 16.5 Å². The van der Waals surface area contributed by atoms with Crippen molar-refractivity contribution < 1.29 is 27.1 Å². The lowest BCUT2D eigenvalue weighted by Crippen LogP contribution is -2.52. The summed E-state index contributed by atoms with van der Waals surface area (Å²) in [6.45, 7) is 6.26. The van der Waals surface area contributed by atoms with E-state index >= 15 is 0 Å². The Kier molecular flexibility index (Phi) is 7.05. The van der Waals surface area contributed by atoms with Crippen LogP contribution in [0.2, 0.25) is 0 Å². The third kappa shape index (κ3) is 5.24. The topological polar surface area (TPSA) is 125 Å². The Balaban J connectivity index is 3.01. The van der Waals surface area contributed by atoms with Crippen molar-refractivity contribution in [1.82, 2.24) is 10.0 Å². The quantitative estimate of drug-likeness (QED) is 0.667. The van der Waals surface area contributed by atoms with E-state index in [0.717, 1.165) is 18.2 Å². The van der Waals surface area contributed by atoms with Crippen molar-refractivity contribution in [2.24, 2.45) is 5.92 Å². The van der Waals surface area contributed by atoms with Gasteiger partial charge in [-0.25, -0.2) is 22.3 Å². The molecule has 2 N–H and O–H groups in total. The van der Waals surface area contributed by atoms with Crippen LogP contribution in [0.25, 0.3) is 0 Å². The molecule has 2 atom stereocenters. The monoisotopic (exact) mass is 399 g/mol. The minimum Gasteiger partial charge on any atom is -0.449 e. The Morgan fingerprint density at radius 1 is 1.30 bits per heavy atom. The highest BCUT2D eigenvalue weighted by Crippen LogP contribution is 2.18. The predicted molar refractivity (Wildman–Crippen MR) is 94.5 cm³/mol. The molecule has 0 saturated carbocycles. The normalized spacial score (nSPS) is 14.7. The average molecular weight is 399 g/mol. The average Bonchev–Trinajstić information content (AvgIpc) is 2.61. The van der Waals surface area contributed by atoms with E-state index in [2.05, 4.69) is 5.32 Å². The fraction of sp³-hybridized carbons (Fsp3) is 0.471. The third-order valence-electron chi connectivity index (χ3n) is 4.16. The number of hydrogen-bond acceptors (Lipinski definition) is 6. The van der Waals surface area contributed by atoms with Crippen molar-refractivity contribution in [3.63, 3.8) is 0 Å². The van der Waals surface area contributed by atoms with Gasteiger partial charge in [-0.1, -0.05) is 13.8 Å². The molecule has 0 aliphatic carbocycles. The van der Waals surface area contributed by atoms with Crippen LogP contribution in [0.15, 0.2) is 23.1 Å². The number of carbonyl (C=O) groups excluding carboxylic acids is 2. The molecule has 27 heavy (non-hydrogen) atoms. The van der Waals surface area contributed by atoms with E-state index in [9.17, 15) is 27.7 Å². The Labute approximate surface area is 157 Å². The first-order valence-electron chi connectivity index (χ1n) is 8.05. The highest BCUT2D eigenvalue weighted by molar-refractivity contribution is 7.89. The fourth-order valence-electron chi connectivity index (χ4n) is 1.88. The number of rotatable bonds is 7. The highest BCUT2D eigenvalue weighted by atomic mass is 32.2. The van der Waals surface area contributed by atoms with Gasteiger partial charge >= 0.3 is 5.97 Å². The van der Waals surface area contributed by atoms with Crippen LogP contribution >= 0.6 is 0 Å². The molecule has 0 fully saturated rings. The first kappa shape index (κ1) is 22.5. The SMILES string of the molecule is CNS(=O)(=O)c1ccc(F)c(C(=O)OC(C)C(=O)NC(C)(C#N)C(C)C)c1. The van der Waals surface area contributed by atoms with Crippen molar-refractivity contribution in [1.29, 1.82) is 5.26 Å².